The number of alkyl halides is 3. The number of likely N-dealkylation sites (tertiary alicyclic amines) is 1. The van der Waals surface area contributed by atoms with E-state index in [-0.39, 0.29) is 11.3 Å². The third kappa shape index (κ3) is 5.21. The van der Waals surface area contributed by atoms with Crippen LogP contribution in [0.3, 0.4) is 0 Å². The SMILES string of the molecule is O=C(N[C@@H]([NH+]1CCCCCC1)C(Cl)(Cl)Cl)c1cccc([N+](=O)[O-])c1. The van der Waals surface area contributed by atoms with Gasteiger partial charge in [-0.3, -0.25) is 20.2 Å². The summed E-state index contributed by atoms with van der Waals surface area (Å²) in [6, 6.07) is 5.48. The molecule has 2 rings (SSSR count). The van der Waals surface area contributed by atoms with Gasteiger partial charge in [0, 0.05) is 17.7 Å². The fraction of sp³-hybridized carbons (Fsp3) is 0.533. The van der Waals surface area contributed by atoms with Gasteiger partial charge in [-0.05, 0) is 31.7 Å². The van der Waals surface area contributed by atoms with E-state index in [1.54, 1.807) is 0 Å². The first kappa shape index (κ1) is 19.2. The number of nitro groups is 1. The minimum absolute atomic E-state index is 0.157. The van der Waals surface area contributed by atoms with Crippen LogP contribution in [0.15, 0.2) is 24.3 Å². The van der Waals surface area contributed by atoms with Gasteiger partial charge in [0.05, 0.1) is 18.0 Å². The van der Waals surface area contributed by atoms with Crippen molar-refractivity contribution in [3.8, 4) is 0 Å². The number of benzene rings is 1. The number of nitrogens with one attached hydrogen (secondary N) is 2. The summed E-state index contributed by atoms with van der Waals surface area (Å²) in [7, 11) is 0. The van der Waals surface area contributed by atoms with Gasteiger partial charge < -0.3 is 4.90 Å². The van der Waals surface area contributed by atoms with Crippen LogP contribution in [-0.4, -0.2) is 33.9 Å². The molecule has 0 bridgehead atoms. The fourth-order valence-corrected chi connectivity index (χ4v) is 3.49. The number of nitrogens with zero attached hydrogens (tertiary/aromatic N) is 1. The number of hydrogen-bond donors (Lipinski definition) is 2. The molecular weight excluding hydrogens is 377 g/mol. The first-order valence-corrected chi connectivity index (χ1v) is 8.89. The lowest BCUT2D eigenvalue weighted by atomic mass is 10.2. The number of quaternary nitrogens is 1. The summed E-state index contributed by atoms with van der Waals surface area (Å²) in [5, 5.41) is 13.6. The zero-order valence-corrected chi connectivity index (χ0v) is 15.2. The van der Waals surface area contributed by atoms with Gasteiger partial charge in [-0.2, -0.15) is 0 Å². The molecule has 9 heteroatoms. The Balaban J connectivity index is 2.18. The molecule has 1 aromatic carbocycles. The van der Waals surface area contributed by atoms with Crippen LogP contribution in [0.1, 0.15) is 36.0 Å². The second-order valence-corrected chi connectivity index (χ2v) is 8.20. The van der Waals surface area contributed by atoms with E-state index in [0.29, 0.717) is 0 Å². The Kier molecular flexibility index (Phi) is 6.69. The largest absolute Gasteiger partial charge is 0.312 e. The van der Waals surface area contributed by atoms with Gasteiger partial charge >= 0.3 is 0 Å². The summed E-state index contributed by atoms with van der Waals surface area (Å²) >= 11 is 18.3. The lowest BCUT2D eigenvalue weighted by Crippen LogP contribution is -3.19. The number of rotatable bonds is 4. The van der Waals surface area contributed by atoms with Crippen molar-refractivity contribution in [2.45, 2.75) is 35.6 Å². The molecule has 2 N–H and O–H groups in total. The number of carbonyl (C=O) groups is 1. The molecule has 1 heterocycles. The average molecular weight is 396 g/mol. The molecule has 0 aromatic heterocycles. The minimum atomic E-state index is -1.67. The first-order valence-electron chi connectivity index (χ1n) is 7.75. The highest BCUT2D eigenvalue weighted by Crippen LogP contribution is 2.28. The predicted molar refractivity (Wildman–Crippen MR) is 93.8 cm³/mol. The van der Waals surface area contributed by atoms with Gasteiger partial charge in [0.25, 0.3) is 15.4 Å². The van der Waals surface area contributed by atoms with E-state index in [1.807, 2.05) is 0 Å². The van der Waals surface area contributed by atoms with E-state index in [1.165, 1.54) is 24.3 Å². The quantitative estimate of drug-likeness (QED) is 0.467. The van der Waals surface area contributed by atoms with Crippen LogP contribution >= 0.6 is 34.8 Å². The molecule has 0 aliphatic carbocycles. The highest BCUT2D eigenvalue weighted by atomic mass is 35.6. The van der Waals surface area contributed by atoms with E-state index in [4.69, 9.17) is 34.8 Å². The molecule has 0 spiro atoms. The van der Waals surface area contributed by atoms with Crippen LogP contribution in [0.25, 0.3) is 0 Å². The molecule has 1 saturated heterocycles. The smallest absolute Gasteiger partial charge is 0.270 e. The van der Waals surface area contributed by atoms with E-state index in [0.717, 1.165) is 43.7 Å². The molecule has 1 aliphatic rings. The van der Waals surface area contributed by atoms with Gasteiger partial charge in [-0.15, -0.1) is 0 Å². The number of hydrogen-bond acceptors (Lipinski definition) is 3. The van der Waals surface area contributed by atoms with Crippen molar-refractivity contribution >= 4 is 46.4 Å². The van der Waals surface area contributed by atoms with Gasteiger partial charge in [0.15, 0.2) is 0 Å². The maximum atomic E-state index is 12.5. The maximum Gasteiger partial charge on any atom is 0.270 e. The fourth-order valence-electron chi connectivity index (χ4n) is 2.86. The van der Waals surface area contributed by atoms with Crippen molar-refractivity contribution < 1.29 is 14.6 Å². The highest BCUT2D eigenvalue weighted by molar-refractivity contribution is 6.68. The zero-order chi connectivity index (χ0) is 17.7. The third-order valence-corrected chi connectivity index (χ3v) is 4.73. The van der Waals surface area contributed by atoms with Gasteiger partial charge in [0.1, 0.15) is 0 Å². The Morgan fingerprint density at radius 3 is 2.38 bits per heavy atom. The Hall–Kier alpha value is -1.08. The second-order valence-electron chi connectivity index (χ2n) is 5.83. The van der Waals surface area contributed by atoms with Crippen LogP contribution in [0.4, 0.5) is 5.69 Å². The number of halogens is 3. The van der Waals surface area contributed by atoms with Crippen LogP contribution in [0.2, 0.25) is 0 Å². The van der Waals surface area contributed by atoms with Crippen LogP contribution in [0, 0.1) is 10.1 Å². The van der Waals surface area contributed by atoms with E-state index >= 15 is 0 Å². The molecule has 24 heavy (non-hydrogen) atoms. The summed E-state index contributed by atoms with van der Waals surface area (Å²) in [6.07, 6.45) is 3.52. The second kappa shape index (κ2) is 8.34. The molecule has 6 nitrogen and oxygen atoms in total. The highest BCUT2D eigenvalue weighted by Gasteiger charge is 2.42. The molecule has 1 aliphatic heterocycles. The lowest BCUT2D eigenvalue weighted by molar-refractivity contribution is -0.926. The van der Waals surface area contributed by atoms with Crippen molar-refractivity contribution in [3.63, 3.8) is 0 Å². The Morgan fingerprint density at radius 2 is 1.83 bits per heavy atom. The average Bonchev–Trinajstić information content (AvgIpc) is 2.80. The van der Waals surface area contributed by atoms with Crippen molar-refractivity contribution in [1.82, 2.24) is 5.32 Å². The van der Waals surface area contributed by atoms with Gasteiger partial charge in [-0.1, -0.05) is 40.9 Å². The Morgan fingerprint density at radius 1 is 1.21 bits per heavy atom. The van der Waals surface area contributed by atoms with Crippen molar-refractivity contribution in [2.24, 2.45) is 0 Å². The van der Waals surface area contributed by atoms with Gasteiger partial charge in [0.2, 0.25) is 6.17 Å². The van der Waals surface area contributed by atoms with Crippen LogP contribution < -0.4 is 10.2 Å². The van der Waals surface area contributed by atoms with Crippen LogP contribution in [-0.2, 0) is 0 Å². The van der Waals surface area contributed by atoms with E-state index < -0.39 is 20.8 Å². The molecule has 1 atom stereocenters. The molecule has 132 valence electrons. The first-order chi connectivity index (χ1) is 11.3. The summed E-state index contributed by atoms with van der Waals surface area (Å²) in [5.74, 6) is -0.494. The number of amides is 1. The molecule has 0 saturated carbocycles. The van der Waals surface area contributed by atoms with Crippen molar-refractivity contribution in [1.29, 1.82) is 0 Å². The topological polar surface area (TPSA) is 76.7 Å². The van der Waals surface area contributed by atoms with Crippen LogP contribution in [0.5, 0.6) is 0 Å². The summed E-state index contributed by atoms with van der Waals surface area (Å²) in [6.45, 7) is 1.60. The monoisotopic (exact) mass is 394 g/mol. The standard InChI is InChI=1S/C15H18Cl3N3O3/c16-15(17,18)14(20-8-3-1-2-4-9-20)19-13(22)11-6-5-7-12(10-11)21(23)24/h5-7,10,14H,1-4,8-9H2,(H,19,22)/p+1/t14-/m0/s1. The molecule has 0 radical (unpaired) electrons. The Bertz CT molecular complexity index is 599. The molecule has 1 amide bonds. The van der Waals surface area contributed by atoms with Crippen molar-refractivity contribution in [2.75, 3.05) is 13.1 Å². The van der Waals surface area contributed by atoms with Gasteiger partial charge in [-0.25, -0.2) is 0 Å². The number of carbonyl (C=O) groups excluding carboxylic acids is 1. The normalized spacial score (nSPS) is 17.8. The molecular formula is C15H19Cl3N3O3+. The zero-order valence-electron chi connectivity index (χ0n) is 12.9. The number of nitro benzene ring substituents is 1. The predicted octanol–water partition coefficient (Wildman–Crippen LogP) is 2.48. The Labute approximate surface area is 155 Å². The summed E-state index contributed by atoms with van der Waals surface area (Å²) in [4.78, 5) is 23.8. The minimum Gasteiger partial charge on any atom is -0.312 e. The van der Waals surface area contributed by atoms with E-state index in [9.17, 15) is 14.9 Å². The molecule has 0 unspecified atom stereocenters. The molecule has 1 fully saturated rings. The van der Waals surface area contributed by atoms with Crippen molar-refractivity contribution in [3.05, 3.63) is 39.9 Å². The number of non-ortho nitro benzene ring substituents is 1. The summed E-state index contributed by atoms with van der Waals surface area (Å²) < 4.78 is -1.67. The lowest BCUT2D eigenvalue weighted by Gasteiger charge is -2.32. The molecule has 1 aromatic rings. The maximum absolute atomic E-state index is 12.5. The summed E-state index contributed by atoms with van der Waals surface area (Å²) in [5.41, 5.74) is 0.00729. The third-order valence-electron chi connectivity index (χ3n) is 4.08. The van der Waals surface area contributed by atoms with E-state index in [2.05, 4.69) is 5.32 Å².